The van der Waals surface area contributed by atoms with E-state index in [1.54, 1.807) is 19.2 Å². The molecular weight excluding hydrogens is 252 g/mol. The smallest absolute Gasteiger partial charge is 0.297 e. The Labute approximate surface area is 108 Å². The molecule has 0 spiro atoms. The number of rotatable bonds is 4. The largest absolute Gasteiger partial charge is 0.497 e. The third-order valence-corrected chi connectivity index (χ3v) is 4.54. The highest BCUT2D eigenvalue weighted by Gasteiger charge is 2.23. The standard InChI is InChI=1S/C13H18O4S/c1-16-11-7-9-13(10-8-11)18(14,15)17-12-5-3-2-4-6-12/h7-10,12H,2-6H2,1H3. The molecule has 18 heavy (non-hydrogen) atoms. The fourth-order valence-electron chi connectivity index (χ4n) is 2.14. The van der Waals surface area contributed by atoms with Gasteiger partial charge in [0.05, 0.1) is 18.1 Å². The topological polar surface area (TPSA) is 52.6 Å². The Balaban J connectivity index is 2.08. The van der Waals surface area contributed by atoms with Crippen molar-refractivity contribution in [1.29, 1.82) is 0 Å². The fourth-order valence-corrected chi connectivity index (χ4v) is 3.27. The van der Waals surface area contributed by atoms with Crippen LogP contribution in [0.5, 0.6) is 5.75 Å². The summed E-state index contributed by atoms with van der Waals surface area (Å²) in [4.78, 5) is 0.189. The molecule has 0 bridgehead atoms. The van der Waals surface area contributed by atoms with E-state index in [0.29, 0.717) is 5.75 Å². The monoisotopic (exact) mass is 270 g/mol. The maximum Gasteiger partial charge on any atom is 0.297 e. The van der Waals surface area contributed by atoms with Crippen molar-refractivity contribution < 1.29 is 17.3 Å². The molecule has 4 nitrogen and oxygen atoms in total. The Kier molecular flexibility index (Phi) is 4.24. The Morgan fingerprint density at radius 3 is 2.22 bits per heavy atom. The first-order chi connectivity index (χ1) is 8.62. The molecule has 1 aliphatic carbocycles. The van der Waals surface area contributed by atoms with Gasteiger partial charge in [-0.05, 0) is 37.1 Å². The van der Waals surface area contributed by atoms with Crippen LogP contribution in [0.1, 0.15) is 32.1 Å². The molecule has 1 aromatic rings. The minimum atomic E-state index is -3.64. The summed E-state index contributed by atoms with van der Waals surface area (Å²) in [6, 6.07) is 6.27. The zero-order valence-electron chi connectivity index (χ0n) is 10.5. The van der Waals surface area contributed by atoms with Crippen molar-refractivity contribution >= 4 is 10.1 Å². The highest BCUT2D eigenvalue weighted by Crippen LogP contribution is 2.25. The molecule has 0 atom stereocenters. The van der Waals surface area contributed by atoms with Crippen LogP contribution in [-0.2, 0) is 14.3 Å². The molecule has 100 valence electrons. The molecule has 0 heterocycles. The number of methoxy groups -OCH3 is 1. The first kappa shape index (κ1) is 13.4. The van der Waals surface area contributed by atoms with Gasteiger partial charge in [0.1, 0.15) is 5.75 Å². The first-order valence-electron chi connectivity index (χ1n) is 6.19. The van der Waals surface area contributed by atoms with Gasteiger partial charge in [-0.3, -0.25) is 4.18 Å². The summed E-state index contributed by atoms with van der Waals surface area (Å²) < 4.78 is 34.3. The average Bonchev–Trinajstić information content (AvgIpc) is 2.39. The van der Waals surface area contributed by atoms with E-state index < -0.39 is 10.1 Å². The van der Waals surface area contributed by atoms with Crippen LogP contribution in [0, 0.1) is 0 Å². The molecule has 0 aliphatic heterocycles. The van der Waals surface area contributed by atoms with E-state index in [1.807, 2.05) is 0 Å². The van der Waals surface area contributed by atoms with Crippen molar-refractivity contribution in [2.24, 2.45) is 0 Å². The zero-order valence-corrected chi connectivity index (χ0v) is 11.3. The lowest BCUT2D eigenvalue weighted by atomic mass is 9.98. The summed E-state index contributed by atoms with van der Waals surface area (Å²) in [6.45, 7) is 0. The van der Waals surface area contributed by atoms with Crippen LogP contribution < -0.4 is 4.74 Å². The molecule has 0 amide bonds. The van der Waals surface area contributed by atoms with E-state index in [2.05, 4.69) is 0 Å². The average molecular weight is 270 g/mol. The van der Waals surface area contributed by atoms with Crippen molar-refractivity contribution in [2.45, 2.75) is 43.1 Å². The molecule has 1 aromatic carbocycles. The summed E-state index contributed by atoms with van der Waals surface area (Å²) in [6.07, 6.45) is 4.75. The normalized spacial score (nSPS) is 17.6. The van der Waals surface area contributed by atoms with E-state index in [0.717, 1.165) is 25.7 Å². The Hall–Kier alpha value is -1.07. The minimum absolute atomic E-state index is 0.161. The van der Waals surface area contributed by atoms with Gasteiger partial charge in [0.2, 0.25) is 0 Å². The third kappa shape index (κ3) is 3.23. The van der Waals surface area contributed by atoms with E-state index in [-0.39, 0.29) is 11.0 Å². The molecule has 0 saturated heterocycles. The molecule has 5 heteroatoms. The number of hydrogen-bond donors (Lipinski definition) is 0. The van der Waals surface area contributed by atoms with Gasteiger partial charge in [0, 0.05) is 0 Å². The van der Waals surface area contributed by atoms with Crippen LogP contribution in [0.4, 0.5) is 0 Å². The molecule has 2 rings (SSSR count). The third-order valence-electron chi connectivity index (χ3n) is 3.16. The molecule has 0 radical (unpaired) electrons. The maximum absolute atomic E-state index is 12.0. The molecule has 0 N–H and O–H groups in total. The quantitative estimate of drug-likeness (QED) is 0.789. The summed E-state index contributed by atoms with van der Waals surface area (Å²) in [7, 11) is -2.10. The highest BCUT2D eigenvalue weighted by atomic mass is 32.2. The van der Waals surface area contributed by atoms with Gasteiger partial charge in [0.15, 0.2) is 0 Å². The SMILES string of the molecule is COc1ccc(S(=O)(=O)OC2CCCCC2)cc1. The number of ether oxygens (including phenoxy) is 1. The van der Waals surface area contributed by atoms with Crippen molar-refractivity contribution in [2.75, 3.05) is 7.11 Å². The highest BCUT2D eigenvalue weighted by molar-refractivity contribution is 7.86. The summed E-state index contributed by atoms with van der Waals surface area (Å²) in [5, 5.41) is 0. The maximum atomic E-state index is 12.0. The van der Waals surface area contributed by atoms with Gasteiger partial charge in [-0.1, -0.05) is 19.3 Å². The predicted octanol–water partition coefficient (Wildman–Crippen LogP) is 2.73. The Morgan fingerprint density at radius 2 is 1.67 bits per heavy atom. The molecule has 1 aliphatic rings. The summed E-state index contributed by atoms with van der Waals surface area (Å²) in [5.74, 6) is 0.631. The van der Waals surface area contributed by atoms with Crippen LogP contribution in [0.2, 0.25) is 0 Å². The second-order valence-electron chi connectivity index (χ2n) is 4.49. The van der Waals surface area contributed by atoms with Crippen molar-refractivity contribution in [3.63, 3.8) is 0 Å². The fraction of sp³-hybridized carbons (Fsp3) is 0.538. The molecular formula is C13H18O4S. The summed E-state index contributed by atoms with van der Waals surface area (Å²) >= 11 is 0. The molecule has 0 unspecified atom stereocenters. The van der Waals surface area contributed by atoms with E-state index in [4.69, 9.17) is 8.92 Å². The second-order valence-corrected chi connectivity index (χ2v) is 6.06. The molecule has 0 aromatic heterocycles. The van der Waals surface area contributed by atoms with Gasteiger partial charge in [-0.15, -0.1) is 0 Å². The lowest BCUT2D eigenvalue weighted by Gasteiger charge is -2.21. The van der Waals surface area contributed by atoms with Gasteiger partial charge < -0.3 is 4.74 Å². The lowest BCUT2D eigenvalue weighted by Crippen LogP contribution is -2.21. The van der Waals surface area contributed by atoms with Gasteiger partial charge in [-0.25, -0.2) is 0 Å². The van der Waals surface area contributed by atoms with E-state index in [1.165, 1.54) is 18.6 Å². The van der Waals surface area contributed by atoms with Crippen molar-refractivity contribution in [3.8, 4) is 5.75 Å². The van der Waals surface area contributed by atoms with Crippen molar-refractivity contribution in [1.82, 2.24) is 0 Å². The van der Waals surface area contributed by atoms with Gasteiger partial charge >= 0.3 is 0 Å². The lowest BCUT2D eigenvalue weighted by molar-refractivity contribution is 0.162. The van der Waals surface area contributed by atoms with E-state index in [9.17, 15) is 8.42 Å². The minimum Gasteiger partial charge on any atom is -0.497 e. The van der Waals surface area contributed by atoms with E-state index >= 15 is 0 Å². The zero-order chi connectivity index (χ0) is 13.0. The van der Waals surface area contributed by atoms with Gasteiger partial charge in [-0.2, -0.15) is 8.42 Å². The first-order valence-corrected chi connectivity index (χ1v) is 7.60. The number of benzene rings is 1. The van der Waals surface area contributed by atoms with Crippen LogP contribution in [-0.4, -0.2) is 21.6 Å². The summed E-state index contributed by atoms with van der Waals surface area (Å²) in [5.41, 5.74) is 0. The van der Waals surface area contributed by atoms with Crippen LogP contribution in [0.25, 0.3) is 0 Å². The van der Waals surface area contributed by atoms with Gasteiger partial charge in [0.25, 0.3) is 10.1 Å². The predicted molar refractivity (Wildman–Crippen MR) is 68.1 cm³/mol. The molecule has 1 fully saturated rings. The Bertz CT molecular complexity index is 472. The van der Waals surface area contributed by atoms with Crippen LogP contribution >= 0.6 is 0 Å². The number of hydrogen-bond acceptors (Lipinski definition) is 4. The van der Waals surface area contributed by atoms with Crippen molar-refractivity contribution in [3.05, 3.63) is 24.3 Å². The van der Waals surface area contributed by atoms with Crippen LogP contribution in [0.15, 0.2) is 29.2 Å². The second kappa shape index (κ2) is 5.71. The van der Waals surface area contributed by atoms with Crippen LogP contribution in [0.3, 0.4) is 0 Å². The molecule has 1 saturated carbocycles. The Morgan fingerprint density at radius 1 is 1.06 bits per heavy atom.